The summed E-state index contributed by atoms with van der Waals surface area (Å²) in [6, 6.07) is 11.1. The highest BCUT2D eigenvalue weighted by molar-refractivity contribution is 5.94. The van der Waals surface area contributed by atoms with Crippen molar-refractivity contribution in [1.82, 2.24) is 20.3 Å². The van der Waals surface area contributed by atoms with Crippen molar-refractivity contribution >= 4 is 34.7 Å². The van der Waals surface area contributed by atoms with Gasteiger partial charge in [0.05, 0.1) is 11.9 Å². The molecule has 0 spiro atoms. The van der Waals surface area contributed by atoms with E-state index in [9.17, 15) is 13.6 Å². The smallest absolute Gasteiger partial charge is 0.265 e. The maximum absolute atomic E-state index is 14.7. The van der Waals surface area contributed by atoms with Gasteiger partial charge in [-0.25, -0.2) is 19.6 Å². The molecule has 1 aromatic heterocycles. The maximum Gasteiger partial charge on any atom is 0.265 e. The zero-order valence-corrected chi connectivity index (χ0v) is 18.0. The van der Waals surface area contributed by atoms with Crippen molar-refractivity contribution in [3.05, 3.63) is 65.9 Å². The van der Waals surface area contributed by atoms with Gasteiger partial charge in [0.25, 0.3) is 5.91 Å². The second-order valence-electron chi connectivity index (χ2n) is 7.65. The predicted octanol–water partition coefficient (Wildman–Crippen LogP) is 2.60. The zero-order valence-electron chi connectivity index (χ0n) is 18.0. The molecule has 2 aromatic carbocycles. The average Bonchev–Trinajstić information content (AvgIpc) is 2.82. The fourth-order valence-corrected chi connectivity index (χ4v) is 3.49. The van der Waals surface area contributed by atoms with Gasteiger partial charge in [0.1, 0.15) is 5.82 Å². The van der Waals surface area contributed by atoms with Crippen LogP contribution in [0.15, 0.2) is 48.7 Å². The first-order chi connectivity index (χ1) is 15.9. The van der Waals surface area contributed by atoms with E-state index < -0.39 is 11.7 Å². The summed E-state index contributed by atoms with van der Waals surface area (Å²) in [5.41, 5.74) is 3.74. The van der Waals surface area contributed by atoms with Crippen molar-refractivity contribution in [2.75, 3.05) is 48.8 Å². The topological polar surface area (TPSA) is 111 Å². The number of aromatic nitrogens is 2. The second-order valence-corrected chi connectivity index (χ2v) is 7.65. The van der Waals surface area contributed by atoms with E-state index in [-0.39, 0.29) is 17.6 Å². The Labute approximate surface area is 189 Å². The Hall–Kier alpha value is -3.83. The minimum Gasteiger partial charge on any atom is -0.367 e. The molecule has 0 saturated carbocycles. The first-order valence-electron chi connectivity index (χ1n) is 10.3. The first kappa shape index (κ1) is 22.4. The van der Waals surface area contributed by atoms with E-state index in [0.717, 1.165) is 32.4 Å². The summed E-state index contributed by atoms with van der Waals surface area (Å²) in [6.07, 6.45) is 1.00. The molecule has 0 atom stereocenters. The highest BCUT2D eigenvalue weighted by atomic mass is 19.1. The average molecular weight is 454 g/mol. The molecule has 1 amide bonds. The van der Waals surface area contributed by atoms with Crippen LogP contribution in [0.5, 0.6) is 0 Å². The molecule has 1 saturated heterocycles. The SMILES string of the molecule is CN1CCN(c2ccc(Nc3ncc(F)c(Nc4cccc(C(=O)NN)c4)n3)cc2F)CC1. The minimum atomic E-state index is -0.689. The molecule has 1 aliphatic rings. The number of anilines is 5. The highest BCUT2D eigenvalue weighted by Gasteiger charge is 2.18. The van der Waals surface area contributed by atoms with Crippen LogP contribution in [-0.4, -0.2) is 54.0 Å². The normalized spacial score (nSPS) is 14.1. The molecule has 11 heteroatoms. The Kier molecular flexibility index (Phi) is 6.61. The molecule has 5 N–H and O–H groups in total. The number of nitrogens with zero attached hydrogens (tertiary/aromatic N) is 4. The summed E-state index contributed by atoms with van der Waals surface area (Å²) in [6.45, 7) is 3.26. The van der Waals surface area contributed by atoms with Crippen LogP contribution in [0.3, 0.4) is 0 Å². The van der Waals surface area contributed by atoms with Crippen molar-refractivity contribution in [3.63, 3.8) is 0 Å². The van der Waals surface area contributed by atoms with Crippen LogP contribution in [0, 0.1) is 11.6 Å². The Morgan fingerprint density at radius 3 is 2.48 bits per heavy atom. The number of carbonyl (C=O) groups excluding carboxylic acids is 1. The molecule has 9 nitrogen and oxygen atoms in total. The number of amides is 1. The van der Waals surface area contributed by atoms with E-state index in [1.54, 1.807) is 30.3 Å². The number of piperazine rings is 1. The van der Waals surface area contributed by atoms with Crippen molar-refractivity contribution < 1.29 is 13.6 Å². The number of likely N-dealkylation sites (N-methyl/N-ethyl adjacent to an activating group) is 1. The summed E-state index contributed by atoms with van der Waals surface area (Å²) < 4.78 is 29.0. The minimum absolute atomic E-state index is 0.0847. The summed E-state index contributed by atoms with van der Waals surface area (Å²) in [5, 5.41) is 5.71. The lowest BCUT2D eigenvalue weighted by atomic mass is 10.2. The Bertz CT molecular complexity index is 1150. The third-order valence-corrected chi connectivity index (χ3v) is 5.31. The van der Waals surface area contributed by atoms with E-state index in [1.165, 1.54) is 12.1 Å². The lowest BCUT2D eigenvalue weighted by Crippen LogP contribution is -2.44. The van der Waals surface area contributed by atoms with Crippen molar-refractivity contribution in [2.45, 2.75) is 0 Å². The molecular weight excluding hydrogens is 430 g/mol. The van der Waals surface area contributed by atoms with Crippen LogP contribution in [0.1, 0.15) is 10.4 Å². The third kappa shape index (κ3) is 5.33. The molecule has 0 unspecified atom stereocenters. The lowest BCUT2D eigenvalue weighted by Gasteiger charge is -2.34. The van der Waals surface area contributed by atoms with E-state index in [1.807, 2.05) is 17.4 Å². The van der Waals surface area contributed by atoms with Gasteiger partial charge in [-0.1, -0.05) is 6.07 Å². The molecular formula is C22H24F2N8O. The number of nitrogens with one attached hydrogen (secondary N) is 3. The monoisotopic (exact) mass is 454 g/mol. The van der Waals surface area contributed by atoms with Crippen LogP contribution in [0.2, 0.25) is 0 Å². The van der Waals surface area contributed by atoms with Gasteiger partial charge in [-0.3, -0.25) is 10.2 Å². The first-order valence-corrected chi connectivity index (χ1v) is 10.3. The number of hydrogen-bond acceptors (Lipinski definition) is 8. The summed E-state index contributed by atoms with van der Waals surface area (Å²) in [7, 11) is 2.04. The Morgan fingerprint density at radius 1 is 1.00 bits per heavy atom. The van der Waals surface area contributed by atoms with Crippen molar-refractivity contribution in [1.29, 1.82) is 0 Å². The van der Waals surface area contributed by atoms with Gasteiger partial charge < -0.3 is 20.4 Å². The van der Waals surface area contributed by atoms with E-state index >= 15 is 0 Å². The van der Waals surface area contributed by atoms with E-state index in [2.05, 4.69) is 25.5 Å². The van der Waals surface area contributed by atoms with Crippen LogP contribution in [0.25, 0.3) is 0 Å². The predicted molar refractivity (Wildman–Crippen MR) is 123 cm³/mol. The molecule has 0 radical (unpaired) electrons. The molecule has 0 bridgehead atoms. The van der Waals surface area contributed by atoms with Crippen LogP contribution < -0.4 is 26.8 Å². The van der Waals surface area contributed by atoms with Gasteiger partial charge in [-0.2, -0.15) is 4.98 Å². The number of hydrogen-bond donors (Lipinski definition) is 4. The van der Waals surface area contributed by atoms with Gasteiger partial charge in [-0.15, -0.1) is 0 Å². The van der Waals surface area contributed by atoms with Crippen molar-refractivity contribution in [2.24, 2.45) is 5.84 Å². The lowest BCUT2D eigenvalue weighted by molar-refractivity contribution is 0.0953. The Balaban J connectivity index is 1.49. The summed E-state index contributed by atoms with van der Waals surface area (Å²) >= 11 is 0. The van der Waals surface area contributed by atoms with Gasteiger partial charge in [0, 0.05) is 43.1 Å². The standard InChI is InChI=1S/C22H24F2N8O/c1-31-7-9-32(10-8-31)19-6-5-16(12-17(19)23)28-22-26-13-18(24)20(29-22)27-15-4-2-3-14(11-15)21(33)30-25/h2-6,11-13H,7-10,25H2,1H3,(H,30,33)(H2,26,27,28,29). The number of benzene rings is 2. The number of hydrazine groups is 1. The summed E-state index contributed by atoms with van der Waals surface area (Å²) in [4.78, 5) is 24.0. The van der Waals surface area contributed by atoms with Gasteiger partial charge in [-0.05, 0) is 43.4 Å². The number of halogens is 2. The fourth-order valence-electron chi connectivity index (χ4n) is 3.49. The molecule has 0 aliphatic carbocycles. The largest absolute Gasteiger partial charge is 0.367 e. The quantitative estimate of drug-likeness (QED) is 0.256. The molecule has 1 aliphatic heterocycles. The molecule has 1 fully saturated rings. The molecule has 2 heterocycles. The van der Waals surface area contributed by atoms with Crippen LogP contribution >= 0.6 is 0 Å². The molecule has 172 valence electrons. The second kappa shape index (κ2) is 9.76. The maximum atomic E-state index is 14.7. The van der Waals surface area contributed by atoms with E-state index in [4.69, 9.17) is 5.84 Å². The fraction of sp³-hybridized carbons (Fsp3) is 0.227. The number of rotatable bonds is 6. The number of carbonyl (C=O) groups is 1. The summed E-state index contributed by atoms with van der Waals surface area (Å²) in [5.74, 6) is 3.60. The molecule has 4 rings (SSSR count). The van der Waals surface area contributed by atoms with Crippen LogP contribution in [0.4, 0.5) is 37.6 Å². The third-order valence-electron chi connectivity index (χ3n) is 5.31. The van der Waals surface area contributed by atoms with Gasteiger partial charge in [0.15, 0.2) is 11.6 Å². The highest BCUT2D eigenvalue weighted by Crippen LogP contribution is 2.26. The zero-order chi connectivity index (χ0) is 23.4. The van der Waals surface area contributed by atoms with Crippen LogP contribution in [-0.2, 0) is 0 Å². The van der Waals surface area contributed by atoms with Gasteiger partial charge >= 0.3 is 0 Å². The molecule has 33 heavy (non-hydrogen) atoms. The molecule has 3 aromatic rings. The number of nitrogens with two attached hydrogens (primary N) is 1. The van der Waals surface area contributed by atoms with E-state index in [0.29, 0.717) is 22.6 Å². The van der Waals surface area contributed by atoms with Gasteiger partial charge in [0.2, 0.25) is 5.95 Å². The Morgan fingerprint density at radius 2 is 1.76 bits per heavy atom. The number of nitrogen functional groups attached to an aromatic ring is 1. The van der Waals surface area contributed by atoms with Crippen molar-refractivity contribution in [3.8, 4) is 0 Å².